The highest BCUT2D eigenvalue weighted by molar-refractivity contribution is 7.89. The fraction of sp³-hybridized carbons (Fsp3) is 0.875. The monoisotopic (exact) mass is 238 g/mol. The van der Waals surface area contributed by atoms with Crippen LogP contribution in [0.3, 0.4) is 0 Å². The lowest BCUT2D eigenvalue weighted by atomic mass is 10.3. The van der Waals surface area contributed by atoms with Gasteiger partial charge in [0.05, 0.1) is 12.9 Å². The first-order chi connectivity index (χ1) is 6.96. The summed E-state index contributed by atoms with van der Waals surface area (Å²) < 4.78 is 29.4. The molecule has 0 aliphatic carbocycles. The predicted octanol–water partition coefficient (Wildman–Crippen LogP) is -0.794. The third-order valence-electron chi connectivity index (χ3n) is 1.81. The summed E-state index contributed by atoms with van der Waals surface area (Å²) in [7, 11) is -2.26. The Bertz CT molecular complexity index is 289. The van der Waals surface area contributed by atoms with E-state index in [1.807, 2.05) is 6.92 Å². The van der Waals surface area contributed by atoms with Gasteiger partial charge in [-0.25, -0.2) is 8.42 Å². The number of sulfonamides is 1. The summed E-state index contributed by atoms with van der Waals surface area (Å²) in [4.78, 5) is 11.1. The second-order valence-electron chi connectivity index (χ2n) is 3.10. The van der Waals surface area contributed by atoms with E-state index in [-0.39, 0.29) is 12.3 Å². The number of rotatable bonds is 7. The van der Waals surface area contributed by atoms with E-state index in [9.17, 15) is 13.2 Å². The number of hydrogen-bond acceptors (Lipinski definition) is 5. The van der Waals surface area contributed by atoms with Gasteiger partial charge < -0.3 is 10.5 Å². The number of hydrogen-bond donors (Lipinski definition) is 2. The Kier molecular flexibility index (Phi) is 6.46. The van der Waals surface area contributed by atoms with Crippen molar-refractivity contribution in [3.8, 4) is 0 Å². The molecular formula is C8H18N2O4S. The van der Waals surface area contributed by atoms with Crippen molar-refractivity contribution in [2.45, 2.75) is 25.8 Å². The fourth-order valence-corrected chi connectivity index (χ4v) is 2.36. The molecule has 1 unspecified atom stereocenters. The Hall–Kier alpha value is -0.660. The molecule has 1 atom stereocenters. The van der Waals surface area contributed by atoms with Crippen LogP contribution < -0.4 is 10.5 Å². The van der Waals surface area contributed by atoms with Crippen molar-refractivity contribution in [1.29, 1.82) is 0 Å². The SMILES string of the molecule is CCCCS(=O)(=O)NC(CN)C(=O)OC. The van der Waals surface area contributed by atoms with Crippen molar-refractivity contribution in [3.05, 3.63) is 0 Å². The van der Waals surface area contributed by atoms with Crippen molar-refractivity contribution < 1.29 is 17.9 Å². The highest BCUT2D eigenvalue weighted by atomic mass is 32.2. The van der Waals surface area contributed by atoms with E-state index in [4.69, 9.17) is 5.73 Å². The van der Waals surface area contributed by atoms with E-state index < -0.39 is 22.0 Å². The maximum Gasteiger partial charge on any atom is 0.325 e. The number of nitrogens with one attached hydrogen (secondary N) is 1. The average molecular weight is 238 g/mol. The number of carbonyl (C=O) groups excluding carboxylic acids is 1. The summed E-state index contributed by atoms with van der Waals surface area (Å²) >= 11 is 0. The molecule has 6 nitrogen and oxygen atoms in total. The fourth-order valence-electron chi connectivity index (χ4n) is 0.945. The number of ether oxygens (including phenoxy) is 1. The molecule has 0 heterocycles. The average Bonchev–Trinajstić information content (AvgIpc) is 2.22. The summed E-state index contributed by atoms with van der Waals surface area (Å²) in [5.41, 5.74) is 5.26. The highest BCUT2D eigenvalue weighted by Gasteiger charge is 2.23. The summed E-state index contributed by atoms with van der Waals surface area (Å²) in [6.07, 6.45) is 1.32. The van der Waals surface area contributed by atoms with Crippen LogP contribution in [0, 0.1) is 0 Å². The standard InChI is InChI=1S/C8H18N2O4S/c1-3-4-5-15(12,13)10-7(6-9)8(11)14-2/h7,10H,3-6,9H2,1-2H3. The Morgan fingerprint density at radius 3 is 2.53 bits per heavy atom. The van der Waals surface area contributed by atoms with Gasteiger partial charge in [0, 0.05) is 6.54 Å². The number of carbonyl (C=O) groups is 1. The summed E-state index contributed by atoms with van der Waals surface area (Å²) in [5, 5.41) is 0. The lowest BCUT2D eigenvalue weighted by Crippen LogP contribution is -2.47. The molecule has 0 aromatic rings. The van der Waals surface area contributed by atoms with Gasteiger partial charge in [-0.1, -0.05) is 13.3 Å². The third-order valence-corrected chi connectivity index (χ3v) is 3.28. The van der Waals surface area contributed by atoms with Crippen molar-refractivity contribution in [2.24, 2.45) is 5.73 Å². The van der Waals surface area contributed by atoms with Gasteiger partial charge in [0.1, 0.15) is 6.04 Å². The van der Waals surface area contributed by atoms with Crippen LogP contribution >= 0.6 is 0 Å². The number of nitrogens with two attached hydrogens (primary N) is 1. The quantitative estimate of drug-likeness (QED) is 0.566. The third kappa shape index (κ3) is 5.71. The normalized spacial score (nSPS) is 13.5. The molecule has 0 fully saturated rings. The number of esters is 1. The molecule has 0 amide bonds. The molecule has 90 valence electrons. The van der Waals surface area contributed by atoms with Gasteiger partial charge in [-0.2, -0.15) is 4.72 Å². The molecule has 0 rings (SSSR count). The minimum atomic E-state index is -3.44. The number of unbranched alkanes of at least 4 members (excludes halogenated alkanes) is 1. The minimum Gasteiger partial charge on any atom is -0.468 e. The Morgan fingerprint density at radius 2 is 2.13 bits per heavy atom. The van der Waals surface area contributed by atoms with Gasteiger partial charge >= 0.3 is 5.97 Å². The molecule has 0 aromatic carbocycles. The van der Waals surface area contributed by atoms with Crippen LogP contribution in [-0.4, -0.2) is 39.8 Å². The Labute approximate surface area is 90.2 Å². The molecule has 3 N–H and O–H groups in total. The zero-order valence-electron chi connectivity index (χ0n) is 9.02. The predicted molar refractivity (Wildman–Crippen MR) is 56.7 cm³/mol. The minimum absolute atomic E-state index is 0.00298. The van der Waals surface area contributed by atoms with Crippen LogP contribution in [0.4, 0.5) is 0 Å². The maximum atomic E-state index is 11.4. The van der Waals surface area contributed by atoms with Gasteiger partial charge in [0.25, 0.3) is 0 Å². The first kappa shape index (κ1) is 14.3. The molecule has 15 heavy (non-hydrogen) atoms. The van der Waals surface area contributed by atoms with Crippen LogP contribution in [0.25, 0.3) is 0 Å². The van der Waals surface area contributed by atoms with Crippen molar-refractivity contribution in [1.82, 2.24) is 4.72 Å². The van der Waals surface area contributed by atoms with E-state index in [0.29, 0.717) is 6.42 Å². The van der Waals surface area contributed by atoms with Gasteiger partial charge in [-0.05, 0) is 6.42 Å². The molecule has 0 saturated carbocycles. The van der Waals surface area contributed by atoms with Crippen molar-refractivity contribution >= 4 is 16.0 Å². The molecule has 7 heteroatoms. The van der Waals surface area contributed by atoms with E-state index >= 15 is 0 Å². The van der Waals surface area contributed by atoms with Gasteiger partial charge in [-0.3, -0.25) is 4.79 Å². The zero-order chi connectivity index (χ0) is 11.9. The number of methoxy groups -OCH3 is 1. The summed E-state index contributed by atoms with van der Waals surface area (Å²) in [6, 6.07) is -0.989. The van der Waals surface area contributed by atoms with Crippen LogP contribution in [0.2, 0.25) is 0 Å². The first-order valence-corrected chi connectivity index (χ1v) is 6.40. The first-order valence-electron chi connectivity index (χ1n) is 4.74. The van der Waals surface area contributed by atoms with Crippen LogP contribution in [0.1, 0.15) is 19.8 Å². The Morgan fingerprint density at radius 1 is 1.53 bits per heavy atom. The molecule has 0 aromatic heterocycles. The molecule has 0 spiro atoms. The van der Waals surface area contributed by atoms with Gasteiger partial charge in [-0.15, -0.1) is 0 Å². The van der Waals surface area contributed by atoms with Gasteiger partial charge in [0.15, 0.2) is 0 Å². The topological polar surface area (TPSA) is 98.5 Å². The summed E-state index contributed by atoms with van der Waals surface area (Å²) in [5.74, 6) is -0.672. The lowest BCUT2D eigenvalue weighted by Gasteiger charge is -2.14. The van der Waals surface area contributed by atoms with E-state index in [0.717, 1.165) is 6.42 Å². The van der Waals surface area contributed by atoms with Crippen LogP contribution in [0.5, 0.6) is 0 Å². The van der Waals surface area contributed by atoms with Crippen molar-refractivity contribution in [2.75, 3.05) is 19.4 Å². The van der Waals surface area contributed by atoms with Crippen LogP contribution in [-0.2, 0) is 19.6 Å². The maximum absolute atomic E-state index is 11.4. The second-order valence-corrected chi connectivity index (χ2v) is 4.98. The van der Waals surface area contributed by atoms with E-state index in [2.05, 4.69) is 9.46 Å². The second kappa shape index (κ2) is 6.76. The van der Waals surface area contributed by atoms with E-state index in [1.165, 1.54) is 7.11 Å². The van der Waals surface area contributed by atoms with Gasteiger partial charge in [0.2, 0.25) is 10.0 Å². The lowest BCUT2D eigenvalue weighted by molar-refractivity contribution is -0.142. The largest absolute Gasteiger partial charge is 0.468 e. The summed E-state index contributed by atoms with van der Waals surface area (Å²) in [6.45, 7) is 1.77. The molecular weight excluding hydrogens is 220 g/mol. The zero-order valence-corrected chi connectivity index (χ0v) is 9.84. The van der Waals surface area contributed by atoms with Crippen LogP contribution in [0.15, 0.2) is 0 Å². The highest BCUT2D eigenvalue weighted by Crippen LogP contribution is 1.96. The van der Waals surface area contributed by atoms with Crippen molar-refractivity contribution in [3.63, 3.8) is 0 Å². The Balaban J connectivity index is 4.34. The molecule has 0 bridgehead atoms. The smallest absolute Gasteiger partial charge is 0.325 e. The van der Waals surface area contributed by atoms with E-state index in [1.54, 1.807) is 0 Å². The molecule has 0 saturated heterocycles. The molecule has 0 aliphatic heterocycles. The molecule has 0 aliphatic rings. The molecule has 0 radical (unpaired) electrons.